The summed E-state index contributed by atoms with van der Waals surface area (Å²) >= 11 is 1.67. The molecule has 2 rings (SSSR count). The molecule has 0 radical (unpaired) electrons. The van der Waals surface area contributed by atoms with E-state index in [-0.39, 0.29) is 5.91 Å². The summed E-state index contributed by atoms with van der Waals surface area (Å²) in [6.07, 6.45) is 1.47. The van der Waals surface area contributed by atoms with Crippen LogP contribution < -0.4 is 10.1 Å². The molecule has 2 aromatic carbocycles. The molecule has 0 aliphatic rings. The summed E-state index contributed by atoms with van der Waals surface area (Å²) in [5.41, 5.74) is 1.88. The average Bonchev–Trinajstić information content (AvgIpc) is 2.48. The number of benzene rings is 2. The third kappa shape index (κ3) is 4.53. The van der Waals surface area contributed by atoms with Gasteiger partial charge in [-0.05, 0) is 62.1 Å². The minimum absolute atomic E-state index is 0.159. The Bertz CT molecular complexity index is 610. The van der Waals surface area contributed by atoms with Crippen molar-refractivity contribution in [2.24, 2.45) is 0 Å². The fraction of sp³-hybridized carbons (Fsp3) is 0.235. The van der Waals surface area contributed by atoms with Crippen LogP contribution in [0.5, 0.6) is 5.75 Å². The summed E-state index contributed by atoms with van der Waals surface area (Å²) in [6.45, 7) is 3.73. The van der Waals surface area contributed by atoms with E-state index >= 15 is 0 Å². The number of rotatable bonds is 5. The van der Waals surface area contributed by atoms with E-state index in [0.717, 1.165) is 16.1 Å². The van der Waals surface area contributed by atoms with E-state index in [2.05, 4.69) is 5.32 Å². The Kier molecular flexibility index (Phi) is 5.28. The van der Waals surface area contributed by atoms with Crippen molar-refractivity contribution < 1.29 is 9.53 Å². The molecule has 110 valence electrons. The second-order valence-corrected chi connectivity index (χ2v) is 5.67. The Labute approximate surface area is 129 Å². The minimum Gasteiger partial charge on any atom is -0.481 e. The Morgan fingerprint density at radius 2 is 1.90 bits per heavy atom. The van der Waals surface area contributed by atoms with E-state index < -0.39 is 6.10 Å². The van der Waals surface area contributed by atoms with E-state index in [1.165, 1.54) is 0 Å². The molecule has 0 heterocycles. The first-order valence-corrected chi connectivity index (χ1v) is 7.99. The molecule has 0 aliphatic carbocycles. The van der Waals surface area contributed by atoms with E-state index in [9.17, 15) is 4.79 Å². The maximum absolute atomic E-state index is 12.1. The molecular formula is C17H19NO2S. The molecule has 1 N–H and O–H groups in total. The van der Waals surface area contributed by atoms with Crippen molar-refractivity contribution in [2.45, 2.75) is 24.8 Å². The summed E-state index contributed by atoms with van der Waals surface area (Å²) in [5, 5.41) is 2.85. The largest absolute Gasteiger partial charge is 0.481 e. The highest BCUT2D eigenvalue weighted by molar-refractivity contribution is 7.98. The third-order valence-electron chi connectivity index (χ3n) is 3.03. The highest BCUT2D eigenvalue weighted by Gasteiger charge is 2.14. The fourth-order valence-corrected chi connectivity index (χ4v) is 2.27. The smallest absolute Gasteiger partial charge is 0.265 e. The quantitative estimate of drug-likeness (QED) is 0.844. The monoisotopic (exact) mass is 301 g/mol. The van der Waals surface area contributed by atoms with Crippen LogP contribution in [0.1, 0.15) is 12.5 Å². The van der Waals surface area contributed by atoms with Crippen LogP contribution in [0.3, 0.4) is 0 Å². The highest BCUT2D eigenvalue weighted by atomic mass is 32.2. The number of anilines is 1. The second-order valence-electron chi connectivity index (χ2n) is 4.79. The van der Waals surface area contributed by atoms with Gasteiger partial charge in [-0.3, -0.25) is 4.79 Å². The van der Waals surface area contributed by atoms with Crippen LogP contribution in [0, 0.1) is 6.92 Å². The topological polar surface area (TPSA) is 38.3 Å². The summed E-state index contributed by atoms with van der Waals surface area (Å²) in [6, 6.07) is 15.4. The summed E-state index contributed by atoms with van der Waals surface area (Å²) < 4.78 is 5.66. The number of thioether (sulfide) groups is 1. The average molecular weight is 301 g/mol. The normalized spacial score (nSPS) is 11.8. The molecule has 3 nitrogen and oxygen atoms in total. The lowest BCUT2D eigenvalue weighted by Gasteiger charge is -2.15. The molecule has 0 aliphatic heterocycles. The van der Waals surface area contributed by atoms with Gasteiger partial charge in [-0.15, -0.1) is 11.8 Å². The number of hydrogen-bond acceptors (Lipinski definition) is 3. The van der Waals surface area contributed by atoms with Crippen molar-refractivity contribution in [3.8, 4) is 5.75 Å². The van der Waals surface area contributed by atoms with Gasteiger partial charge in [0.15, 0.2) is 6.10 Å². The van der Waals surface area contributed by atoms with Crippen molar-refractivity contribution in [1.82, 2.24) is 0 Å². The van der Waals surface area contributed by atoms with Gasteiger partial charge in [0.25, 0.3) is 5.91 Å². The summed E-state index contributed by atoms with van der Waals surface area (Å²) in [5.74, 6) is 0.545. The Balaban J connectivity index is 1.95. The van der Waals surface area contributed by atoms with Gasteiger partial charge >= 0.3 is 0 Å². The van der Waals surface area contributed by atoms with Gasteiger partial charge in [0, 0.05) is 10.6 Å². The van der Waals surface area contributed by atoms with Crippen molar-refractivity contribution in [2.75, 3.05) is 11.6 Å². The minimum atomic E-state index is -0.549. The second kappa shape index (κ2) is 7.18. The van der Waals surface area contributed by atoms with Gasteiger partial charge in [0.05, 0.1) is 0 Å². The zero-order valence-electron chi connectivity index (χ0n) is 12.4. The van der Waals surface area contributed by atoms with Gasteiger partial charge in [-0.2, -0.15) is 0 Å². The molecule has 0 saturated carbocycles. The first-order chi connectivity index (χ1) is 10.1. The predicted molar refractivity (Wildman–Crippen MR) is 88.1 cm³/mol. The van der Waals surface area contributed by atoms with E-state index in [0.29, 0.717) is 5.75 Å². The fourth-order valence-electron chi connectivity index (χ4n) is 1.86. The number of hydrogen-bond donors (Lipinski definition) is 1. The number of carbonyl (C=O) groups excluding carboxylic acids is 1. The molecule has 1 amide bonds. The molecule has 2 aromatic rings. The first kappa shape index (κ1) is 15.4. The number of ether oxygens (including phenoxy) is 1. The van der Waals surface area contributed by atoms with Crippen molar-refractivity contribution >= 4 is 23.4 Å². The summed E-state index contributed by atoms with van der Waals surface area (Å²) in [7, 11) is 0. The molecule has 1 atom stereocenters. The molecule has 0 spiro atoms. The maximum atomic E-state index is 12.1. The molecule has 0 bridgehead atoms. The zero-order chi connectivity index (χ0) is 15.2. The van der Waals surface area contributed by atoms with Crippen molar-refractivity contribution in [3.63, 3.8) is 0 Å². The van der Waals surface area contributed by atoms with Crippen LogP contribution >= 0.6 is 11.8 Å². The third-order valence-corrected chi connectivity index (χ3v) is 3.77. The van der Waals surface area contributed by atoms with Crippen LogP contribution in [0.25, 0.3) is 0 Å². The SMILES string of the molecule is CSc1ccc(NC(=O)[C@H](C)Oc2cccc(C)c2)cc1. The van der Waals surface area contributed by atoms with E-state index in [4.69, 9.17) is 4.74 Å². The molecule has 21 heavy (non-hydrogen) atoms. The van der Waals surface area contributed by atoms with Crippen LogP contribution in [-0.2, 0) is 4.79 Å². The molecule has 4 heteroatoms. The van der Waals surface area contributed by atoms with Gasteiger partial charge in [0.2, 0.25) is 0 Å². The van der Waals surface area contributed by atoms with Crippen LogP contribution in [0.4, 0.5) is 5.69 Å². The first-order valence-electron chi connectivity index (χ1n) is 6.77. The molecule has 0 saturated heterocycles. The molecule has 0 fully saturated rings. The van der Waals surface area contributed by atoms with Crippen LogP contribution in [0.2, 0.25) is 0 Å². The lowest BCUT2D eigenvalue weighted by molar-refractivity contribution is -0.122. The van der Waals surface area contributed by atoms with Crippen LogP contribution in [0.15, 0.2) is 53.4 Å². The van der Waals surface area contributed by atoms with Crippen LogP contribution in [-0.4, -0.2) is 18.3 Å². The molecule has 0 aromatic heterocycles. The molecule has 0 unspecified atom stereocenters. The van der Waals surface area contributed by atoms with E-state index in [1.54, 1.807) is 18.7 Å². The maximum Gasteiger partial charge on any atom is 0.265 e. The molecular weight excluding hydrogens is 282 g/mol. The number of carbonyl (C=O) groups is 1. The number of aryl methyl sites for hydroxylation is 1. The van der Waals surface area contributed by atoms with Gasteiger partial charge in [0.1, 0.15) is 5.75 Å². The van der Waals surface area contributed by atoms with Crippen molar-refractivity contribution in [3.05, 3.63) is 54.1 Å². The predicted octanol–water partition coefficient (Wildman–Crippen LogP) is 4.12. The van der Waals surface area contributed by atoms with E-state index in [1.807, 2.05) is 61.7 Å². The summed E-state index contributed by atoms with van der Waals surface area (Å²) in [4.78, 5) is 13.3. The lowest BCUT2D eigenvalue weighted by atomic mass is 10.2. The number of nitrogens with one attached hydrogen (secondary N) is 1. The standard InChI is InChI=1S/C17H19NO2S/c1-12-5-4-6-15(11-12)20-13(2)17(19)18-14-7-9-16(21-3)10-8-14/h4-11,13H,1-3H3,(H,18,19)/t13-/m0/s1. The van der Waals surface area contributed by atoms with Gasteiger partial charge < -0.3 is 10.1 Å². The Morgan fingerprint density at radius 3 is 2.52 bits per heavy atom. The number of amides is 1. The Hall–Kier alpha value is -1.94. The van der Waals surface area contributed by atoms with Gasteiger partial charge in [-0.25, -0.2) is 0 Å². The zero-order valence-corrected chi connectivity index (χ0v) is 13.2. The highest BCUT2D eigenvalue weighted by Crippen LogP contribution is 2.18. The lowest BCUT2D eigenvalue weighted by Crippen LogP contribution is -2.30. The van der Waals surface area contributed by atoms with Gasteiger partial charge in [-0.1, -0.05) is 12.1 Å². The van der Waals surface area contributed by atoms with Crippen molar-refractivity contribution in [1.29, 1.82) is 0 Å². The Morgan fingerprint density at radius 1 is 1.19 bits per heavy atom.